The number of fused-ring (bicyclic) bond motifs is 3. The second kappa shape index (κ2) is 12.0. The van der Waals surface area contributed by atoms with Gasteiger partial charge in [-0.25, -0.2) is 0 Å². The summed E-state index contributed by atoms with van der Waals surface area (Å²) in [5.74, 6) is 2.25. The Hall–Kier alpha value is -1.07. The van der Waals surface area contributed by atoms with Crippen LogP contribution in [0.15, 0.2) is 12.7 Å². The zero-order valence-electron chi connectivity index (χ0n) is 24.2. The molecule has 9 nitrogen and oxygen atoms in total. The van der Waals surface area contributed by atoms with Crippen molar-refractivity contribution in [3.63, 3.8) is 0 Å². The fourth-order valence-corrected chi connectivity index (χ4v) is 9.48. The van der Waals surface area contributed by atoms with E-state index >= 15 is 0 Å². The highest BCUT2D eigenvalue weighted by atomic mass is 16.5. The highest BCUT2D eigenvalue weighted by Gasteiger charge is 2.54. The molecule has 4 aliphatic heterocycles. The molecule has 4 heterocycles. The summed E-state index contributed by atoms with van der Waals surface area (Å²) in [7, 11) is 2.22. The zero-order chi connectivity index (χ0) is 27.0. The van der Waals surface area contributed by atoms with Crippen LogP contribution in [-0.4, -0.2) is 111 Å². The molecule has 9 heteroatoms. The first kappa shape index (κ1) is 28.1. The number of nitrogens with one attached hydrogen (secondary N) is 3. The zero-order valence-corrected chi connectivity index (χ0v) is 24.2. The molecule has 0 bridgehead atoms. The van der Waals surface area contributed by atoms with E-state index < -0.39 is 0 Å². The molecular formula is C30H53N7O2. The molecule has 2 aliphatic carbocycles. The highest BCUT2D eigenvalue weighted by molar-refractivity contribution is 5.87. The van der Waals surface area contributed by atoms with Crippen LogP contribution >= 0.6 is 0 Å². The van der Waals surface area contributed by atoms with Crippen molar-refractivity contribution in [1.29, 1.82) is 0 Å². The third-order valence-corrected chi connectivity index (χ3v) is 11.6. The summed E-state index contributed by atoms with van der Waals surface area (Å²) in [6.07, 6.45) is 13.4. The average molecular weight is 544 g/mol. The quantitative estimate of drug-likeness (QED) is 0.370. The number of rotatable bonds is 6. The van der Waals surface area contributed by atoms with Gasteiger partial charge in [0.2, 0.25) is 5.91 Å². The van der Waals surface area contributed by atoms with E-state index in [-0.39, 0.29) is 24.5 Å². The van der Waals surface area contributed by atoms with Gasteiger partial charge >= 0.3 is 0 Å². The number of carbonyl (C=O) groups is 1. The maximum atomic E-state index is 12.5. The topological polar surface area (TPSA) is 98.1 Å². The average Bonchev–Trinajstić information content (AvgIpc) is 3.39. The van der Waals surface area contributed by atoms with Crippen molar-refractivity contribution in [1.82, 2.24) is 30.7 Å². The third-order valence-electron chi connectivity index (χ3n) is 11.6. The van der Waals surface area contributed by atoms with Crippen LogP contribution in [0.2, 0.25) is 0 Å². The van der Waals surface area contributed by atoms with Crippen LogP contribution < -0.4 is 21.7 Å². The van der Waals surface area contributed by atoms with Gasteiger partial charge in [-0.3, -0.25) is 20.3 Å². The summed E-state index contributed by atoms with van der Waals surface area (Å²) < 4.78 is 6.61. The Morgan fingerprint density at radius 1 is 1.10 bits per heavy atom. The standard InChI is InChI=1S/C30H53N7O2/c1-3-27(38)37-15-14-36(19-23(37)17-31)28-24-8-11-30(10-4-6-21-9-12-32-18-25(21)30)16-26(24)33-29(34-28)39-20-22-7-5-13-35(22)2/h3,21-26,28-29,32-34H,1,4-20,31H2,2H3/t21?,22-,23-,24?,25?,26?,28?,29?,30-/m0/s1. The van der Waals surface area contributed by atoms with Crippen molar-refractivity contribution in [2.24, 2.45) is 28.9 Å². The monoisotopic (exact) mass is 543 g/mol. The van der Waals surface area contributed by atoms with Crippen molar-refractivity contribution in [2.75, 3.05) is 59.5 Å². The lowest BCUT2D eigenvalue weighted by atomic mass is 9.52. The maximum Gasteiger partial charge on any atom is 0.246 e. The molecule has 6 aliphatic rings. The molecule has 9 atom stereocenters. The minimum absolute atomic E-state index is 0.00399. The van der Waals surface area contributed by atoms with E-state index in [9.17, 15) is 4.79 Å². The number of amides is 1. The molecule has 1 amide bonds. The fraction of sp³-hybridized carbons (Fsp3) is 0.900. The molecule has 6 unspecified atom stereocenters. The van der Waals surface area contributed by atoms with Crippen molar-refractivity contribution < 1.29 is 9.53 Å². The summed E-state index contributed by atoms with van der Waals surface area (Å²) >= 11 is 0. The Labute approximate surface area is 235 Å². The number of nitrogens with zero attached hydrogens (tertiary/aromatic N) is 3. The van der Waals surface area contributed by atoms with E-state index in [0.717, 1.165) is 31.5 Å². The number of piperidine rings is 1. The Morgan fingerprint density at radius 3 is 2.79 bits per heavy atom. The fourth-order valence-electron chi connectivity index (χ4n) is 9.48. The van der Waals surface area contributed by atoms with Crippen molar-refractivity contribution in [3.05, 3.63) is 12.7 Å². The number of carbonyl (C=O) groups excluding carboxylic acids is 1. The number of hydrogen-bond donors (Lipinski definition) is 4. The number of likely N-dealkylation sites (N-methyl/N-ethyl adjacent to an activating group) is 1. The van der Waals surface area contributed by atoms with Gasteiger partial charge in [0, 0.05) is 44.2 Å². The van der Waals surface area contributed by atoms with Crippen LogP contribution in [0.4, 0.5) is 0 Å². The summed E-state index contributed by atoms with van der Waals surface area (Å²) in [5.41, 5.74) is 6.66. The molecule has 0 radical (unpaired) electrons. The molecule has 6 rings (SSSR count). The molecule has 220 valence electrons. The maximum absolute atomic E-state index is 12.5. The van der Waals surface area contributed by atoms with E-state index in [0.29, 0.717) is 36.5 Å². The lowest BCUT2D eigenvalue weighted by Crippen LogP contribution is -2.73. The smallest absolute Gasteiger partial charge is 0.246 e. The van der Waals surface area contributed by atoms with Gasteiger partial charge in [0.05, 0.1) is 18.8 Å². The predicted octanol–water partition coefficient (Wildman–Crippen LogP) is 1.12. The van der Waals surface area contributed by atoms with Crippen LogP contribution in [0, 0.1) is 23.2 Å². The minimum atomic E-state index is -0.145. The first-order valence-corrected chi connectivity index (χ1v) is 15.9. The minimum Gasteiger partial charge on any atom is -0.348 e. The second-order valence-electron chi connectivity index (χ2n) is 13.5. The van der Waals surface area contributed by atoms with E-state index in [4.69, 9.17) is 10.5 Å². The van der Waals surface area contributed by atoms with Crippen LogP contribution in [0.5, 0.6) is 0 Å². The SMILES string of the molecule is C=CC(=O)N1CCN(C2NC(OC[C@@H]3CCCN3C)NC3C[C@]4(CCCC5CCNCC54)CCC32)C[C@@H]1CN. The second-order valence-corrected chi connectivity index (χ2v) is 13.5. The number of hydrogen-bond acceptors (Lipinski definition) is 8. The molecule has 39 heavy (non-hydrogen) atoms. The lowest BCUT2D eigenvalue weighted by molar-refractivity contribution is -0.140. The van der Waals surface area contributed by atoms with Crippen molar-refractivity contribution in [3.8, 4) is 0 Å². The summed E-state index contributed by atoms with van der Waals surface area (Å²) in [5, 5.41) is 11.7. The number of piperazine rings is 1. The molecule has 6 fully saturated rings. The lowest BCUT2D eigenvalue weighted by Gasteiger charge is -2.59. The highest BCUT2D eigenvalue weighted by Crippen LogP contribution is 2.56. The first-order valence-electron chi connectivity index (χ1n) is 15.9. The van der Waals surface area contributed by atoms with Gasteiger partial charge < -0.3 is 25.6 Å². The van der Waals surface area contributed by atoms with Gasteiger partial charge in [0.15, 0.2) is 6.35 Å². The number of nitrogens with two attached hydrogens (primary N) is 1. The number of likely N-dealkylation sites (tertiary alicyclic amines) is 1. The van der Waals surface area contributed by atoms with Crippen LogP contribution in [-0.2, 0) is 9.53 Å². The van der Waals surface area contributed by atoms with Gasteiger partial charge in [-0.2, -0.15) is 0 Å². The molecule has 2 saturated carbocycles. The molecule has 4 saturated heterocycles. The Kier molecular flexibility index (Phi) is 8.66. The molecule has 0 aromatic carbocycles. The normalized spacial score (nSPS) is 43.7. The van der Waals surface area contributed by atoms with Gasteiger partial charge in [-0.1, -0.05) is 19.4 Å². The summed E-state index contributed by atoms with van der Waals surface area (Å²) in [4.78, 5) is 19.4. The Balaban J connectivity index is 1.20. The molecule has 0 aromatic rings. The van der Waals surface area contributed by atoms with Gasteiger partial charge in [0.25, 0.3) is 0 Å². The Morgan fingerprint density at radius 2 is 2.00 bits per heavy atom. The molecule has 1 spiro atoms. The van der Waals surface area contributed by atoms with Crippen LogP contribution in [0.3, 0.4) is 0 Å². The van der Waals surface area contributed by atoms with E-state index in [1.807, 2.05) is 4.90 Å². The van der Waals surface area contributed by atoms with Gasteiger partial charge in [-0.15, -0.1) is 0 Å². The molecule has 0 aromatic heterocycles. The summed E-state index contributed by atoms with van der Waals surface area (Å²) in [6, 6.07) is 0.972. The largest absolute Gasteiger partial charge is 0.348 e. The van der Waals surface area contributed by atoms with Gasteiger partial charge in [0.1, 0.15) is 0 Å². The first-order chi connectivity index (χ1) is 19.0. The molecular weight excluding hydrogens is 490 g/mol. The molecule has 5 N–H and O–H groups in total. The van der Waals surface area contributed by atoms with E-state index in [1.54, 1.807) is 0 Å². The Bertz CT molecular complexity index is 872. The van der Waals surface area contributed by atoms with Crippen molar-refractivity contribution in [2.45, 2.75) is 88.4 Å². The van der Waals surface area contributed by atoms with Crippen LogP contribution in [0.25, 0.3) is 0 Å². The van der Waals surface area contributed by atoms with E-state index in [2.05, 4.69) is 39.4 Å². The number of ether oxygens (including phenoxy) is 1. The van der Waals surface area contributed by atoms with Crippen LogP contribution in [0.1, 0.15) is 57.8 Å². The van der Waals surface area contributed by atoms with Crippen molar-refractivity contribution >= 4 is 5.91 Å². The van der Waals surface area contributed by atoms with E-state index in [1.165, 1.54) is 83.5 Å². The predicted molar refractivity (Wildman–Crippen MR) is 154 cm³/mol. The van der Waals surface area contributed by atoms with Gasteiger partial charge in [-0.05, 0) is 95.0 Å². The summed E-state index contributed by atoms with van der Waals surface area (Å²) in [6.45, 7) is 10.9. The third kappa shape index (κ3) is 5.57.